The molecule has 1 heterocycles. The van der Waals surface area contributed by atoms with Crippen molar-refractivity contribution in [2.75, 3.05) is 0 Å². The minimum Gasteiger partial charge on any atom is -0.457 e. The summed E-state index contributed by atoms with van der Waals surface area (Å²) in [5, 5.41) is 18.5. The summed E-state index contributed by atoms with van der Waals surface area (Å²) >= 11 is 0. The Morgan fingerprint density at radius 2 is 1.69 bits per heavy atom. The molecule has 0 saturated carbocycles. The van der Waals surface area contributed by atoms with E-state index >= 15 is 0 Å². The van der Waals surface area contributed by atoms with Gasteiger partial charge < -0.3 is 15.6 Å². The molecular formula is C19H14N4O3. The molecule has 0 unspecified atom stereocenters. The lowest BCUT2D eigenvalue weighted by molar-refractivity contribution is -0.126. The number of aliphatic hydroxyl groups is 1. The number of aliphatic hydroxyl groups excluding tert-OH is 1. The Morgan fingerprint density at radius 3 is 2.27 bits per heavy atom. The maximum atomic E-state index is 11.1. The highest BCUT2D eigenvalue weighted by Gasteiger charge is 2.16. The van der Waals surface area contributed by atoms with Crippen LogP contribution in [0.5, 0.6) is 11.5 Å². The van der Waals surface area contributed by atoms with E-state index in [2.05, 4.69) is 9.97 Å². The first-order valence-corrected chi connectivity index (χ1v) is 7.65. The first kappa shape index (κ1) is 17.1. The summed E-state index contributed by atoms with van der Waals surface area (Å²) in [7, 11) is 0. The molecule has 0 bridgehead atoms. The molecule has 7 heteroatoms. The highest BCUT2D eigenvalue weighted by molar-refractivity contribution is 5.79. The van der Waals surface area contributed by atoms with E-state index in [0.717, 1.165) is 0 Å². The zero-order chi connectivity index (χ0) is 18.5. The molecule has 1 aromatic heterocycles. The number of carbonyl (C=O) groups excluding carboxylic acids is 1. The summed E-state index contributed by atoms with van der Waals surface area (Å²) in [6.07, 6.45) is -0.0268. The standard InChI is InChI=1S/C19H14N4O3/c20-11-12-1-5-14(6-2-12)26-15-7-3-13(4-8-15)19-22-10-9-16(23-19)17(24)18(21)25/h1-10,17,24H,(H2,21,25)/t17-/m1/s1. The van der Waals surface area contributed by atoms with Crippen LogP contribution in [0.1, 0.15) is 17.4 Å². The first-order chi connectivity index (χ1) is 12.6. The number of nitrogens with zero attached hydrogens (tertiary/aromatic N) is 3. The molecule has 0 radical (unpaired) electrons. The second kappa shape index (κ2) is 7.42. The van der Waals surface area contributed by atoms with Gasteiger partial charge in [0.05, 0.1) is 17.3 Å². The minimum absolute atomic E-state index is 0.139. The van der Waals surface area contributed by atoms with Gasteiger partial charge in [0.1, 0.15) is 11.5 Å². The number of primary amides is 1. The van der Waals surface area contributed by atoms with Crippen LogP contribution in [-0.4, -0.2) is 21.0 Å². The number of ether oxygens (including phenoxy) is 1. The predicted molar refractivity (Wildman–Crippen MR) is 92.9 cm³/mol. The van der Waals surface area contributed by atoms with Gasteiger partial charge in [0.25, 0.3) is 5.91 Å². The molecule has 128 valence electrons. The van der Waals surface area contributed by atoms with Crippen molar-refractivity contribution < 1.29 is 14.6 Å². The van der Waals surface area contributed by atoms with Crippen LogP contribution in [0.4, 0.5) is 0 Å². The van der Waals surface area contributed by atoms with Gasteiger partial charge in [0.2, 0.25) is 0 Å². The number of hydrogen-bond donors (Lipinski definition) is 2. The van der Waals surface area contributed by atoms with E-state index in [1.54, 1.807) is 48.5 Å². The quantitative estimate of drug-likeness (QED) is 0.731. The fourth-order valence-corrected chi connectivity index (χ4v) is 2.22. The monoisotopic (exact) mass is 346 g/mol. The number of nitriles is 1. The molecule has 0 spiro atoms. The van der Waals surface area contributed by atoms with Crippen molar-refractivity contribution in [1.82, 2.24) is 9.97 Å². The molecule has 3 N–H and O–H groups in total. The van der Waals surface area contributed by atoms with Crippen molar-refractivity contribution in [3.05, 3.63) is 72.1 Å². The van der Waals surface area contributed by atoms with Crippen LogP contribution in [0.3, 0.4) is 0 Å². The molecule has 7 nitrogen and oxygen atoms in total. The number of hydrogen-bond acceptors (Lipinski definition) is 6. The molecule has 26 heavy (non-hydrogen) atoms. The van der Waals surface area contributed by atoms with Crippen molar-refractivity contribution in [2.24, 2.45) is 5.73 Å². The van der Waals surface area contributed by atoms with Gasteiger partial charge in [0.15, 0.2) is 11.9 Å². The molecule has 3 rings (SSSR count). The summed E-state index contributed by atoms with van der Waals surface area (Å²) in [5.74, 6) is 0.694. The molecule has 0 aliphatic rings. The second-order valence-electron chi connectivity index (χ2n) is 5.37. The zero-order valence-electron chi connectivity index (χ0n) is 13.5. The molecular weight excluding hydrogens is 332 g/mol. The third-order valence-electron chi connectivity index (χ3n) is 3.56. The van der Waals surface area contributed by atoms with Crippen LogP contribution in [0.25, 0.3) is 11.4 Å². The van der Waals surface area contributed by atoms with Crippen LogP contribution < -0.4 is 10.5 Å². The Labute approximate surface area is 149 Å². The van der Waals surface area contributed by atoms with Crippen LogP contribution in [-0.2, 0) is 4.79 Å². The average Bonchev–Trinajstić information content (AvgIpc) is 2.68. The van der Waals surface area contributed by atoms with Gasteiger partial charge in [-0.15, -0.1) is 0 Å². The van der Waals surface area contributed by atoms with Crippen molar-refractivity contribution in [3.8, 4) is 29.0 Å². The molecule has 1 amide bonds. The van der Waals surface area contributed by atoms with Gasteiger partial charge in [-0.1, -0.05) is 0 Å². The fraction of sp³-hybridized carbons (Fsp3) is 0.0526. The van der Waals surface area contributed by atoms with Gasteiger partial charge in [-0.25, -0.2) is 9.97 Å². The van der Waals surface area contributed by atoms with E-state index < -0.39 is 12.0 Å². The zero-order valence-corrected chi connectivity index (χ0v) is 13.5. The summed E-state index contributed by atoms with van der Waals surface area (Å²) in [5.41, 5.74) is 6.47. The van der Waals surface area contributed by atoms with Crippen molar-refractivity contribution >= 4 is 5.91 Å². The molecule has 0 aliphatic heterocycles. The van der Waals surface area contributed by atoms with E-state index in [-0.39, 0.29) is 5.69 Å². The summed E-state index contributed by atoms with van der Waals surface area (Å²) in [6, 6.07) is 17.3. The Morgan fingerprint density at radius 1 is 1.08 bits per heavy atom. The average molecular weight is 346 g/mol. The number of benzene rings is 2. The highest BCUT2D eigenvalue weighted by Crippen LogP contribution is 2.25. The van der Waals surface area contributed by atoms with E-state index in [1.165, 1.54) is 12.3 Å². The lowest BCUT2D eigenvalue weighted by Crippen LogP contribution is -2.21. The largest absolute Gasteiger partial charge is 0.457 e. The minimum atomic E-state index is -1.48. The molecule has 1 atom stereocenters. The van der Waals surface area contributed by atoms with E-state index in [0.29, 0.717) is 28.5 Å². The predicted octanol–water partition coefficient (Wildman–Crippen LogP) is 2.33. The SMILES string of the molecule is N#Cc1ccc(Oc2ccc(-c3nccc([C@@H](O)C(N)=O)n3)cc2)cc1. The third-order valence-corrected chi connectivity index (χ3v) is 3.56. The normalized spacial score (nSPS) is 11.4. The Balaban J connectivity index is 1.78. The molecule has 3 aromatic rings. The maximum absolute atomic E-state index is 11.1. The molecule has 0 saturated heterocycles. The molecule has 2 aromatic carbocycles. The van der Waals surface area contributed by atoms with E-state index in [4.69, 9.17) is 15.7 Å². The van der Waals surface area contributed by atoms with Gasteiger partial charge in [0, 0.05) is 11.8 Å². The maximum Gasteiger partial charge on any atom is 0.252 e. The number of rotatable bonds is 5. The lowest BCUT2D eigenvalue weighted by Gasteiger charge is -2.09. The molecule has 0 aliphatic carbocycles. The Hall–Kier alpha value is -3.76. The van der Waals surface area contributed by atoms with E-state index in [9.17, 15) is 9.90 Å². The topological polar surface area (TPSA) is 122 Å². The fourth-order valence-electron chi connectivity index (χ4n) is 2.22. The van der Waals surface area contributed by atoms with Crippen molar-refractivity contribution in [3.63, 3.8) is 0 Å². The number of amides is 1. The van der Waals surface area contributed by atoms with Crippen LogP contribution >= 0.6 is 0 Å². The van der Waals surface area contributed by atoms with Gasteiger partial charge in [-0.05, 0) is 54.6 Å². The van der Waals surface area contributed by atoms with E-state index in [1.807, 2.05) is 6.07 Å². The van der Waals surface area contributed by atoms with Crippen LogP contribution in [0.15, 0.2) is 60.8 Å². The van der Waals surface area contributed by atoms with Crippen molar-refractivity contribution in [1.29, 1.82) is 5.26 Å². The third kappa shape index (κ3) is 3.83. The van der Waals surface area contributed by atoms with Crippen molar-refractivity contribution in [2.45, 2.75) is 6.10 Å². The number of nitrogens with two attached hydrogens (primary N) is 1. The number of carbonyl (C=O) groups is 1. The first-order valence-electron chi connectivity index (χ1n) is 7.65. The molecule has 0 fully saturated rings. The van der Waals surface area contributed by atoms with Gasteiger partial charge >= 0.3 is 0 Å². The summed E-state index contributed by atoms with van der Waals surface area (Å²) in [6.45, 7) is 0. The summed E-state index contributed by atoms with van der Waals surface area (Å²) in [4.78, 5) is 19.4. The van der Waals surface area contributed by atoms with Gasteiger partial charge in [-0.3, -0.25) is 4.79 Å². The second-order valence-corrected chi connectivity index (χ2v) is 5.37. The Bertz CT molecular complexity index is 963. The number of aromatic nitrogens is 2. The Kier molecular flexibility index (Phi) is 4.87. The van der Waals surface area contributed by atoms with Gasteiger partial charge in [-0.2, -0.15) is 5.26 Å². The smallest absolute Gasteiger partial charge is 0.252 e. The van der Waals surface area contributed by atoms with Crippen LogP contribution in [0, 0.1) is 11.3 Å². The lowest BCUT2D eigenvalue weighted by atomic mass is 10.2. The van der Waals surface area contributed by atoms with Crippen LogP contribution in [0.2, 0.25) is 0 Å². The highest BCUT2D eigenvalue weighted by atomic mass is 16.5. The summed E-state index contributed by atoms with van der Waals surface area (Å²) < 4.78 is 5.71.